The first-order valence-corrected chi connectivity index (χ1v) is 7.08. The normalized spacial score (nSPS) is 19.6. The van der Waals surface area contributed by atoms with Gasteiger partial charge in [-0.3, -0.25) is 9.69 Å². The zero-order valence-corrected chi connectivity index (χ0v) is 12.3. The Morgan fingerprint density at radius 2 is 2.19 bits per heavy atom. The largest absolute Gasteiger partial charge is 0.497 e. The molecule has 0 saturated carbocycles. The highest BCUT2D eigenvalue weighted by Crippen LogP contribution is 2.20. The minimum atomic E-state index is -0.435. The van der Waals surface area contributed by atoms with Gasteiger partial charge in [-0.15, -0.1) is 0 Å². The first kappa shape index (κ1) is 15.3. The highest BCUT2D eigenvalue weighted by molar-refractivity contribution is 6.04. The molecule has 0 spiro atoms. The number of ether oxygens (including phenoxy) is 1. The van der Waals surface area contributed by atoms with Crippen molar-refractivity contribution in [1.82, 2.24) is 10.2 Å². The molecule has 1 aromatic rings. The third-order valence-electron chi connectivity index (χ3n) is 3.59. The molecule has 1 aliphatic rings. The number of hydrogen-bond donors (Lipinski definition) is 2. The fourth-order valence-electron chi connectivity index (χ4n) is 2.41. The number of methoxy groups -OCH3 is 1. The van der Waals surface area contributed by atoms with E-state index in [0.29, 0.717) is 12.2 Å². The molecule has 3 N–H and O–H groups in total. The number of nitrogens with zero attached hydrogens (tertiary/aromatic N) is 1. The summed E-state index contributed by atoms with van der Waals surface area (Å²) < 4.78 is 5.15. The van der Waals surface area contributed by atoms with Gasteiger partial charge in [0, 0.05) is 12.6 Å². The molecule has 21 heavy (non-hydrogen) atoms. The van der Waals surface area contributed by atoms with Crippen LogP contribution in [0.5, 0.6) is 5.75 Å². The SMILES string of the molecule is CCCC1NC(=O)N(CC(N)c2cccc(OC)c2)C1=O. The molecule has 2 unspecified atom stereocenters. The predicted molar refractivity (Wildman–Crippen MR) is 78.9 cm³/mol. The number of nitrogens with two attached hydrogens (primary N) is 1. The molecular weight excluding hydrogens is 270 g/mol. The summed E-state index contributed by atoms with van der Waals surface area (Å²) in [6.07, 6.45) is 1.49. The summed E-state index contributed by atoms with van der Waals surface area (Å²) in [5.74, 6) is 0.504. The summed E-state index contributed by atoms with van der Waals surface area (Å²) in [5.41, 5.74) is 6.94. The number of carbonyl (C=O) groups is 2. The number of nitrogens with one attached hydrogen (secondary N) is 1. The van der Waals surface area contributed by atoms with E-state index in [4.69, 9.17) is 10.5 Å². The molecule has 1 aliphatic heterocycles. The van der Waals surface area contributed by atoms with Gasteiger partial charge in [0.1, 0.15) is 11.8 Å². The van der Waals surface area contributed by atoms with E-state index in [2.05, 4.69) is 5.32 Å². The van der Waals surface area contributed by atoms with Crippen LogP contribution < -0.4 is 15.8 Å². The Bertz CT molecular complexity index is 533. The van der Waals surface area contributed by atoms with Crippen LogP contribution >= 0.6 is 0 Å². The van der Waals surface area contributed by atoms with Gasteiger partial charge < -0.3 is 15.8 Å². The number of hydrogen-bond acceptors (Lipinski definition) is 4. The van der Waals surface area contributed by atoms with Gasteiger partial charge in [0.05, 0.1) is 7.11 Å². The molecule has 114 valence electrons. The summed E-state index contributed by atoms with van der Waals surface area (Å²) >= 11 is 0. The van der Waals surface area contributed by atoms with Crippen LogP contribution in [-0.2, 0) is 4.79 Å². The third kappa shape index (κ3) is 3.33. The lowest BCUT2D eigenvalue weighted by Crippen LogP contribution is -2.37. The standard InChI is InChI=1S/C15H21N3O3/c1-3-5-13-14(19)18(15(20)17-13)9-12(16)10-6-4-7-11(8-10)21-2/h4,6-8,12-13H,3,5,9,16H2,1-2H3,(H,17,20). The van der Waals surface area contributed by atoms with Crippen molar-refractivity contribution in [2.75, 3.05) is 13.7 Å². The van der Waals surface area contributed by atoms with Gasteiger partial charge in [0.15, 0.2) is 0 Å². The van der Waals surface area contributed by atoms with Gasteiger partial charge in [-0.1, -0.05) is 25.5 Å². The predicted octanol–water partition coefficient (Wildman–Crippen LogP) is 1.42. The van der Waals surface area contributed by atoms with Crippen LogP contribution in [0.25, 0.3) is 0 Å². The van der Waals surface area contributed by atoms with Gasteiger partial charge in [-0.05, 0) is 24.1 Å². The maximum Gasteiger partial charge on any atom is 0.324 e. The fourth-order valence-corrected chi connectivity index (χ4v) is 2.41. The molecule has 1 aromatic carbocycles. The van der Waals surface area contributed by atoms with Crippen molar-refractivity contribution in [3.8, 4) is 5.75 Å². The summed E-state index contributed by atoms with van der Waals surface area (Å²) in [4.78, 5) is 25.2. The maximum absolute atomic E-state index is 12.2. The van der Waals surface area contributed by atoms with Crippen LogP contribution in [0.1, 0.15) is 31.4 Å². The van der Waals surface area contributed by atoms with Crippen LogP contribution in [0.3, 0.4) is 0 Å². The molecule has 1 heterocycles. The maximum atomic E-state index is 12.2. The Morgan fingerprint density at radius 1 is 1.43 bits per heavy atom. The molecule has 0 aromatic heterocycles. The van der Waals surface area contributed by atoms with E-state index in [9.17, 15) is 9.59 Å². The highest BCUT2D eigenvalue weighted by atomic mass is 16.5. The zero-order chi connectivity index (χ0) is 15.4. The topological polar surface area (TPSA) is 84.7 Å². The molecule has 1 fully saturated rings. The van der Waals surface area contributed by atoms with Crippen LogP contribution in [0.15, 0.2) is 24.3 Å². The minimum absolute atomic E-state index is 0.165. The average molecular weight is 291 g/mol. The zero-order valence-electron chi connectivity index (χ0n) is 12.3. The molecule has 2 rings (SSSR count). The molecule has 3 amide bonds. The third-order valence-corrected chi connectivity index (χ3v) is 3.59. The first-order valence-electron chi connectivity index (χ1n) is 7.08. The quantitative estimate of drug-likeness (QED) is 0.776. The van der Waals surface area contributed by atoms with Gasteiger partial charge >= 0.3 is 6.03 Å². The van der Waals surface area contributed by atoms with E-state index in [1.165, 1.54) is 4.90 Å². The van der Waals surface area contributed by atoms with E-state index in [1.807, 2.05) is 31.2 Å². The van der Waals surface area contributed by atoms with E-state index in [-0.39, 0.29) is 18.5 Å². The average Bonchev–Trinajstić information content (AvgIpc) is 2.75. The lowest BCUT2D eigenvalue weighted by molar-refractivity contribution is -0.127. The van der Waals surface area contributed by atoms with Crippen LogP contribution in [0.4, 0.5) is 4.79 Å². The van der Waals surface area contributed by atoms with E-state index >= 15 is 0 Å². The van der Waals surface area contributed by atoms with Crippen molar-refractivity contribution in [1.29, 1.82) is 0 Å². The second-order valence-corrected chi connectivity index (χ2v) is 5.12. The van der Waals surface area contributed by atoms with Crippen molar-refractivity contribution in [2.24, 2.45) is 5.73 Å². The number of carbonyl (C=O) groups excluding carboxylic acids is 2. The molecule has 2 atom stereocenters. The molecule has 0 aliphatic carbocycles. The fraction of sp³-hybridized carbons (Fsp3) is 0.467. The smallest absolute Gasteiger partial charge is 0.324 e. The van der Waals surface area contributed by atoms with Crippen molar-refractivity contribution in [3.63, 3.8) is 0 Å². The van der Waals surface area contributed by atoms with Crippen LogP contribution in [-0.4, -0.2) is 36.5 Å². The number of amides is 3. The summed E-state index contributed by atoms with van der Waals surface area (Å²) in [6, 6.07) is 6.11. The Morgan fingerprint density at radius 3 is 2.86 bits per heavy atom. The number of imide groups is 1. The molecular formula is C15H21N3O3. The van der Waals surface area contributed by atoms with Gasteiger partial charge in [-0.25, -0.2) is 4.79 Å². The second kappa shape index (κ2) is 6.58. The minimum Gasteiger partial charge on any atom is -0.497 e. The monoisotopic (exact) mass is 291 g/mol. The molecule has 6 heteroatoms. The number of urea groups is 1. The van der Waals surface area contributed by atoms with E-state index in [1.54, 1.807) is 7.11 Å². The number of benzene rings is 1. The summed E-state index contributed by atoms with van der Waals surface area (Å²) in [7, 11) is 1.58. The lowest BCUT2D eigenvalue weighted by Gasteiger charge is -2.19. The number of rotatable bonds is 6. The van der Waals surface area contributed by atoms with Gasteiger partial charge in [-0.2, -0.15) is 0 Å². The van der Waals surface area contributed by atoms with Crippen molar-refractivity contribution in [3.05, 3.63) is 29.8 Å². The van der Waals surface area contributed by atoms with Gasteiger partial charge in [0.25, 0.3) is 5.91 Å². The molecule has 1 saturated heterocycles. The Hall–Kier alpha value is -2.08. The van der Waals surface area contributed by atoms with Gasteiger partial charge in [0.2, 0.25) is 0 Å². The van der Waals surface area contributed by atoms with Crippen molar-refractivity contribution < 1.29 is 14.3 Å². The second-order valence-electron chi connectivity index (χ2n) is 5.12. The Kier molecular flexibility index (Phi) is 4.80. The summed E-state index contributed by atoms with van der Waals surface area (Å²) in [6.45, 7) is 2.14. The molecule has 6 nitrogen and oxygen atoms in total. The first-order chi connectivity index (χ1) is 10.1. The van der Waals surface area contributed by atoms with Crippen molar-refractivity contribution >= 4 is 11.9 Å². The Labute approximate surface area is 124 Å². The van der Waals surface area contributed by atoms with E-state index in [0.717, 1.165) is 12.0 Å². The van der Waals surface area contributed by atoms with Crippen LogP contribution in [0, 0.1) is 0 Å². The highest BCUT2D eigenvalue weighted by Gasteiger charge is 2.37. The summed E-state index contributed by atoms with van der Waals surface area (Å²) in [5, 5.41) is 2.69. The molecule has 0 bridgehead atoms. The van der Waals surface area contributed by atoms with Crippen molar-refractivity contribution in [2.45, 2.75) is 31.8 Å². The van der Waals surface area contributed by atoms with Crippen LogP contribution in [0.2, 0.25) is 0 Å². The molecule has 0 radical (unpaired) electrons. The Balaban J connectivity index is 2.06. The van der Waals surface area contributed by atoms with E-state index < -0.39 is 12.1 Å². The lowest BCUT2D eigenvalue weighted by atomic mass is 10.1.